The van der Waals surface area contributed by atoms with Crippen molar-refractivity contribution < 1.29 is 9.32 Å². The fourth-order valence-corrected chi connectivity index (χ4v) is 3.41. The van der Waals surface area contributed by atoms with Gasteiger partial charge in [0, 0.05) is 18.7 Å². The van der Waals surface area contributed by atoms with Crippen LogP contribution in [0.2, 0.25) is 0 Å². The number of nitrogens with zero attached hydrogens (tertiary/aromatic N) is 2. The molecule has 0 fully saturated rings. The molecule has 4 nitrogen and oxygen atoms in total. The summed E-state index contributed by atoms with van der Waals surface area (Å²) in [5.74, 6) is 1.42. The van der Waals surface area contributed by atoms with Gasteiger partial charge in [-0.2, -0.15) is 0 Å². The van der Waals surface area contributed by atoms with Crippen LogP contribution in [-0.4, -0.2) is 22.5 Å². The fourth-order valence-electron chi connectivity index (χ4n) is 3.41. The molecule has 3 rings (SSSR count). The zero-order chi connectivity index (χ0) is 16.6. The minimum atomic E-state index is 0.153. The van der Waals surface area contributed by atoms with E-state index in [-0.39, 0.29) is 5.91 Å². The minimum Gasteiger partial charge on any atom is -0.361 e. The van der Waals surface area contributed by atoms with Crippen LogP contribution < -0.4 is 0 Å². The Labute approximate surface area is 137 Å². The van der Waals surface area contributed by atoms with Crippen LogP contribution in [0.5, 0.6) is 0 Å². The molecule has 2 aromatic rings. The second kappa shape index (κ2) is 6.19. The number of hydrogen-bond acceptors (Lipinski definition) is 3. The third-order valence-corrected chi connectivity index (χ3v) is 4.79. The highest BCUT2D eigenvalue weighted by Gasteiger charge is 2.24. The molecule has 4 heteroatoms. The first-order valence-electron chi connectivity index (χ1n) is 8.27. The van der Waals surface area contributed by atoms with Crippen molar-refractivity contribution in [1.82, 2.24) is 10.1 Å². The van der Waals surface area contributed by atoms with Crippen LogP contribution in [0.1, 0.15) is 53.5 Å². The molecular formula is C19H24N2O2. The van der Waals surface area contributed by atoms with Gasteiger partial charge in [0.25, 0.3) is 0 Å². The van der Waals surface area contributed by atoms with E-state index < -0.39 is 0 Å². The lowest BCUT2D eigenvalue weighted by molar-refractivity contribution is -0.131. The predicted octanol–water partition coefficient (Wildman–Crippen LogP) is 3.54. The molecule has 0 saturated heterocycles. The van der Waals surface area contributed by atoms with Crippen molar-refractivity contribution in [3.05, 3.63) is 51.9 Å². The number of benzene rings is 1. The first kappa shape index (κ1) is 15.8. The number of amides is 1. The number of carbonyl (C=O) groups excluding carboxylic acids is 1. The molecular weight excluding hydrogens is 288 g/mol. The Balaban J connectivity index is 1.77. The van der Waals surface area contributed by atoms with Crippen molar-refractivity contribution >= 4 is 5.91 Å². The summed E-state index contributed by atoms with van der Waals surface area (Å²) in [6.45, 7) is 9.70. The van der Waals surface area contributed by atoms with Crippen LogP contribution in [0.25, 0.3) is 0 Å². The van der Waals surface area contributed by atoms with Gasteiger partial charge in [0.1, 0.15) is 5.76 Å². The van der Waals surface area contributed by atoms with E-state index in [9.17, 15) is 4.79 Å². The molecule has 0 bridgehead atoms. The smallest absolute Gasteiger partial charge is 0.227 e. The number of aryl methyl sites for hydroxylation is 2. The van der Waals surface area contributed by atoms with Gasteiger partial charge in [-0.1, -0.05) is 37.2 Å². The van der Waals surface area contributed by atoms with E-state index >= 15 is 0 Å². The maximum atomic E-state index is 12.7. The largest absolute Gasteiger partial charge is 0.361 e. The van der Waals surface area contributed by atoms with E-state index in [0.29, 0.717) is 18.9 Å². The maximum Gasteiger partial charge on any atom is 0.227 e. The average Bonchev–Trinajstić information content (AvgIpc) is 2.85. The number of carbonyl (C=O) groups is 1. The highest BCUT2D eigenvalue weighted by molar-refractivity contribution is 5.79. The predicted molar refractivity (Wildman–Crippen MR) is 89.3 cm³/mol. The molecule has 2 heterocycles. The van der Waals surface area contributed by atoms with E-state index in [1.165, 1.54) is 16.7 Å². The second-order valence-corrected chi connectivity index (χ2v) is 6.68. The van der Waals surface area contributed by atoms with Gasteiger partial charge < -0.3 is 9.42 Å². The zero-order valence-electron chi connectivity index (χ0n) is 14.3. The summed E-state index contributed by atoms with van der Waals surface area (Å²) in [6.07, 6.45) is 1.32. The summed E-state index contributed by atoms with van der Waals surface area (Å²) in [5, 5.41) is 3.94. The van der Waals surface area contributed by atoms with Crippen molar-refractivity contribution in [2.24, 2.45) is 0 Å². The second-order valence-electron chi connectivity index (χ2n) is 6.68. The lowest BCUT2D eigenvalue weighted by Gasteiger charge is -2.31. The van der Waals surface area contributed by atoms with Crippen LogP contribution >= 0.6 is 0 Å². The standard InChI is InChI=1S/C19H24N2O2/c1-12(2)16-7-5-6-15-11-21(9-8-17(15)16)19(22)10-18-13(3)20-23-14(18)4/h5-7,12H,8-11H2,1-4H3. The number of hydrogen-bond donors (Lipinski definition) is 0. The van der Waals surface area contributed by atoms with Gasteiger partial charge in [0.15, 0.2) is 0 Å². The summed E-state index contributed by atoms with van der Waals surface area (Å²) < 4.78 is 5.16. The average molecular weight is 312 g/mol. The van der Waals surface area contributed by atoms with E-state index in [0.717, 1.165) is 30.0 Å². The maximum absolute atomic E-state index is 12.7. The molecule has 1 amide bonds. The summed E-state index contributed by atoms with van der Waals surface area (Å²) in [6, 6.07) is 6.47. The lowest BCUT2D eigenvalue weighted by atomic mass is 9.89. The first-order chi connectivity index (χ1) is 11.0. The summed E-state index contributed by atoms with van der Waals surface area (Å²) >= 11 is 0. The van der Waals surface area contributed by atoms with Crippen LogP contribution in [0.15, 0.2) is 22.7 Å². The number of aromatic nitrogens is 1. The van der Waals surface area contributed by atoms with Crippen LogP contribution in [0.3, 0.4) is 0 Å². The van der Waals surface area contributed by atoms with Gasteiger partial charge in [-0.15, -0.1) is 0 Å². The van der Waals surface area contributed by atoms with Gasteiger partial charge in [0.05, 0.1) is 12.1 Å². The minimum absolute atomic E-state index is 0.153. The number of rotatable bonds is 3. The molecule has 1 aromatic heterocycles. The van der Waals surface area contributed by atoms with Crippen LogP contribution in [0, 0.1) is 13.8 Å². The third-order valence-electron chi connectivity index (χ3n) is 4.79. The van der Waals surface area contributed by atoms with Crippen molar-refractivity contribution in [3.8, 4) is 0 Å². The zero-order valence-corrected chi connectivity index (χ0v) is 14.3. The van der Waals surface area contributed by atoms with Crippen molar-refractivity contribution in [2.45, 2.75) is 53.0 Å². The molecule has 0 atom stereocenters. The Morgan fingerprint density at radius 2 is 2.13 bits per heavy atom. The van der Waals surface area contributed by atoms with Crippen LogP contribution in [-0.2, 0) is 24.2 Å². The van der Waals surface area contributed by atoms with Crippen molar-refractivity contribution in [1.29, 1.82) is 0 Å². The molecule has 23 heavy (non-hydrogen) atoms. The third kappa shape index (κ3) is 3.03. The molecule has 0 N–H and O–H groups in total. The molecule has 0 spiro atoms. The lowest BCUT2D eigenvalue weighted by Crippen LogP contribution is -2.37. The van der Waals surface area contributed by atoms with Gasteiger partial charge in [0.2, 0.25) is 5.91 Å². The Morgan fingerprint density at radius 1 is 1.35 bits per heavy atom. The molecule has 0 saturated carbocycles. The Kier molecular flexibility index (Phi) is 4.24. The van der Waals surface area contributed by atoms with Crippen LogP contribution in [0.4, 0.5) is 0 Å². The summed E-state index contributed by atoms with van der Waals surface area (Å²) in [7, 11) is 0. The normalized spacial score (nSPS) is 14.2. The van der Waals surface area contributed by atoms with E-state index in [1.54, 1.807) is 0 Å². The molecule has 0 unspecified atom stereocenters. The highest BCUT2D eigenvalue weighted by atomic mass is 16.5. The quantitative estimate of drug-likeness (QED) is 0.871. The fraction of sp³-hybridized carbons (Fsp3) is 0.474. The van der Waals surface area contributed by atoms with E-state index in [2.05, 4.69) is 37.2 Å². The molecule has 0 radical (unpaired) electrons. The van der Waals surface area contributed by atoms with Crippen molar-refractivity contribution in [3.63, 3.8) is 0 Å². The Hall–Kier alpha value is -2.10. The van der Waals surface area contributed by atoms with Gasteiger partial charge in [-0.3, -0.25) is 4.79 Å². The summed E-state index contributed by atoms with van der Waals surface area (Å²) in [4.78, 5) is 14.6. The molecule has 0 aliphatic carbocycles. The monoisotopic (exact) mass is 312 g/mol. The SMILES string of the molecule is Cc1noc(C)c1CC(=O)N1CCc2c(cccc2C(C)C)C1. The molecule has 122 valence electrons. The van der Waals surface area contributed by atoms with Gasteiger partial charge in [-0.25, -0.2) is 0 Å². The van der Waals surface area contributed by atoms with Gasteiger partial charge >= 0.3 is 0 Å². The topological polar surface area (TPSA) is 46.3 Å². The highest BCUT2D eigenvalue weighted by Crippen LogP contribution is 2.28. The summed E-state index contributed by atoms with van der Waals surface area (Å²) in [5.41, 5.74) is 5.88. The van der Waals surface area contributed by atoms with Gasteiger partial charge in [-0.05, 0) is 42.9 Å². The first-order valence-corrected chi connectivity index (χ1v) is 8.27. The van der Waals surface area contributed by atoms with E-state index in [4.69, 9.17) is 4.52 Å². The van der Waals surface area contributed by atoms with Crippen molar-refractivity contribution in [2.75, 3.05) is 6.54 Å². The molecule has 1 aliphatic rings. The molecule has 1 aliphatic heterocycles. The number of fused-ring (bicyclic) bond motifs is 1. The Bertz CT molecular complexity index is 711. The van der Waals surface area contributed by atoms with E-state index in [1.807, 2.05) is 18.7 Å². The molecule has 1 aromatic carbocycles. The Morgan fingerprint density at radius 3 is 2.78 bits per heavy atom.